The fourth-order valence-corrected chi connectivity index (χ4v) is 4.07. The fourth-order valence-electron chi connectivity index (χ4n) is 4.07. The normalized spacial score (nSPS) is 21.5. The minimum Gasteiger partial charge on any atom is -0.493 e. The first kappa shape index (κ1) is 24.9. The third-order valence-electron chi connectivity index (χ3n) is 5.85. The van der Waals surface area contributed by atoms with Gasteiger partial charge in [-0.3, -0.25) is 0 Å². The van der Waals surface area contributed by atoms with E-state index in [2.05, 4.69) is 13.2 Å². The molecule has 1 heterocycles. The maximum absolute atomic E-state index is 6.48. The van der Waals surface area contributed by atoms with E-state index in [-0.39, 0.29) is 0 Å². The number of hydrogen-bond acceptors (Lipinski definition) is 5. The van der Waals surface area contributed by atoms with Crippen LogP contribution in [0, 0.1) is 0 Å². The van der Waals surface area contributed by atoms with Crippen molar-refractivity contribution in [2.24, 2.45) is 0 Å². The monoisotopic (exact) mass is 472 g/mol. The molecule has 5 heteroatoms. The number of rotatable bonds is 12. The molecule has 0 saturated carbocycles. The molecule has 35 heavy (non-hydrogen) atoms. The van der Waals surface area contributed by atoms with Crippen LogP contribution < -0.4 is 0 Å². The molecular formula is C30H32O5. The van der Waals surface area contributed by atoms with Crippen molar-refractivity contribution in [1.29, 1.82) is 0 Å². The van der Waals surface area contributed by atoms with Crippen molar-refractivity contribution in [3.05, 3.63) is 133 Å². The second-order valence-corrected chi connectivity index (χ2v) is 8.28. The molecule has 1 aliphatic heterocycles. The number of ether oxygens (including phenoxy) is 5. The highest BCUT2D eigenvalue weighted by Crippen LogP contribution is 2.32. The zero-order chi connectivity index (χ0) is 24.3. The first-order chi connectivity index (χ1) is 17.3. The van der Waals surface area contributed by atoms with Crippen molar-refractivity contribution in [3.8, 4) is 0 Å². The molecule has 0 bridgehead atoms. The lowest BCUT2D eigenvalue weighted by atomic mass is 10.0. The van der Waals surface area contributed by atoms with Gasteiger partial charge < -0.3 is 23.7 Å². The molecule has 5 nitrogen and oxygen atoms in total. The highest BCUT2D eigenvalue weighted by atomic mass is 16.7. The first-order valence-corrected chi connectivity index (χ1v) is 11.8. The molecule has 3 aromatic rings. The van der Waals surface area contributed by atoms with Gasteiger partial charge in [-0.25, -0.2) is 0 Å². The molecule has 4 rings (SSSR count). The van der Waals surface area contributed by atoms with Crippen molar-refractivity contribution in [3.63, 3.8) is 0 Å². The SMILES string of the molecule is C=CO[C@@H]1COC(c2ccccc2)O[C@H]1[C@H](OCc1ccccc1)[C@H](C=C)OCc1ccccc1. The van der Waals surface area contributed by atoms with Crippen molar-refractivity contribution in [2.45, 2.75) is 43.9 Å². The summed E-state index contributed by atoms with van der Waals surface area (Å²) in [5, 5.41) is 0. The van der Waals surface area contributed by atoms with Crippen LogP contribution in [0.25, 0.3) is 0 Å². The summed E-state index contributed by atoms with van der Waals surface area (Å²) < 4.78 is 31.1. The largest absolute Gasteiger partial charge is 0.493 e. The van der Waals surface area contributed by atoms with Gasteiger partial charge in [-0.2, -0.15) is 0 Å². The molecule has 1 aliphatic rings. The van der Waals surface area contributed by atoms with E-state index in [1.165, 1.54) is 6.26 Å². The van der Waals surface area contributed by atoms with Gasteiger partial charge in [-0.05, 0) is 11.1 Å². The van der Waals surface area contributed by atoms with Gasteiger partial charge in [0.25, 0.3) is 0 Å². The molecule has 0 N–H and O–H groups in total. The summed E-state index contributed by atoms with van der Waals surface area (Å²) in [6, 6.07) is 29.9. The van der Waals surface area contributed by atoms with Crippen LogP contribution >= 0.6 is 0 Å². The lowest BCUT2D eigenvalue weighted by Crippen LogP contribution is -2.53. The zero-order valence-electron chi connectivity index (χ0n) is 19.8. The Morgan fingerprint density at radius 3 is 1.94 bits per heavy atom. The Bertz CT molecular complexity index is 1020. The van der Waals surface area contributed by atoms with Crippen LogP contribution in [-0.2, 0) is 36.9 Å². The van der Waals surface area contributed by atoms with E-state index in [1.54, 1.807) is 6.08 Å². The zero-order valence-corrected chi connectivity index (χ0v) is 19.8. The third kappa shape index (κ3) is 6.90. The Labute approximate surface area is 207 Å². The summed E-state index contributed by atoms with van der Waals surface area (Å²) in [5.74, 6) is 0. The molecule has 1 saturated heterocycles. The van der Waals surface area contributed by atoms with E-state index in [9.17, 15) is 0 Å². The lowest BCUT2D eigenvalue weighted by molar-refractivity contribution is -0.290. The van der Waals surface area contributed by atoms with Crippen LogP contribution in [0.15, 0.2) is 116 Å². The van der Waals surface area contributed by atoms with Gasteiger partial charge in [0.15, 0.2) is 6.29 Å². The Hall–Kier alpha value is -3.22. The molecule has 182 valence electrons. The Morgan fingerprint density at radius 1 is 0.800 bits per heavy atom. The lowest BCUT2D eigenvalue weighted by Gasteiger charge is -2.41. The molecule has 0 aliphatic carbocycles. The standard InChI is InChI=1S/C30H32O5/c1-3-26(32-20-23-14-8-5-9-15-23)28(33-21-24-16-10-6-11-17-24)29-27(31-4-2)22-34-30(35-29)25-18-12-7-13-19-25/h3-19,26-30H,1-2,20-22H2/t26-,27+,28+,29+,30?/m0/s1. The average molecular weight is 473 g/mol. The second-order valence-electron chi connectivity index (χ2n) is 8.28. The van der Waals surface area contributed by atoms with Gasteiger partial charge >= 0.3 is 0 Å². The molecule has 0 spiro atoms. The van der Waals surface area contributed by atoms with Gasteiger partial charge in [0.2, 0.25) is 0 Å². The van der Waals surface area contributed by atoms with E-state index >= 15 is 0 Å². The second kappa shape index (κ2) is 13.0. The topological polar surface area (TPSA) is 46.2 Å². The van der Waals surface area contributed by atoms with Crippen molar-refractivity contribution in [2.75, 3.05) is 6.61 Å². The summed E-state index contributed by atoms with van der Waals surface area (Å²) in [6.07, 6.45) is 0.763. The minimum atomic E-state index is -0.548. The maximum atomic E-state index is 6.48. The highest BCUT2D eigenvalue weighted by molar-refractivity contribution is 5.17. The van der Waals surface area contributed by atoms with Crippen LogP contribution in [0.4, 0.5) is 0 Å². The Morgan fingerprint density at radius 2 is 1.37 bits per heavy atom. The minimum absolute atomic E-state index is 0.323. The van der Waals surface area contributed by atoms with Gasteiger partial charge in [-0.1, -0.05) is 104 Å². The van der Waals surface area contributed by atoms with Crippen LogP contribution in [0.3, 0.4) is 0 Å². The highest BCUT2D eigenvalue weighted by Gasteiger charge is 2.43. The van der Waals surface area contributed by atoms with E-state index in [0.717, 1.165) is 16.7 Å². The summed E-state index contributed by atoms with van der Waals surface area (Å²) >= 11 is 0. The molecule has 0 amide bonds. The number of hydrogen-bond donors (Lipinski definition) is 0. The third-order valence-corrected chi connectivity index (χ3v) is 5.85. The smallest absolute Gasteiger partial charge is 0.184 e. The van der Waals surface area contributed by atoms with E-state index in [1.807, 2.05) is 91.0 Å². The molecule has 5 atom stereocenters. The number of benzene rings is 3. The predicted molar refractivity (Wildman–Crippen MR) is 135 cm³/mol. The van der Waals surface area contributed by atoms with Gasteiger partial charge in [-0.15, -0.1) is 6.58 Å². The maximum Gasteiger partial charge on any atom is 0.184 e. The summed E-state index contributed by atoms with van der Waals surface area (Å²) in [4.78, 5) is 0. The Balaban J connectivity index is 1.58. The van der Waals surface area contributed by atoms with Gasteiger partial charge in [0.1, 0.15) is 24.4 Å². The summed E-state index contributed by atoms with van der Waals surface area (Å²) in [5.41, 5.74) is 3.04. The Kier molecular flexibility index (Phi) is 9.26. The summed E-state index contributed by atoms with van der Waals surface area (Å²) in [7, 11) is 0. The van der Waals surface area contributed by atoms with Crippen molar-refractivity contribution < 1.29 is 23.7 Å². The quantitative estimate of drug-likeness (QED) is 0.239. The van der Waals surface area contributed by atoms with Gasteiger partial charge in [0.05, 0.1) is 26.1 Å². The van der Waals surface area contributed by atoms with Crippen LogP contribution in [0.5, 0.6) is 0 Å². The molecule has 0 aromatic heterocycles. The van der Waals surface area contributed by atoms with Gasteiger partial charge in [0, 0.05) is 5.56 Å². The van der Waals surface area contributed by atoms with E-state index < -0.39 is 30.7 Å². The van der Waals surface area contributed by atoms with Crippen molar-refractivity contribution in [1.82, 2.24) is 0 Å². The van der Waals surface area contributed by atoms with E-state index in [0.29, 0.717) is 19.8 Å². The molecule has 1 fully saturated rings. The molecular weight excluding hydrogens is 440 g/mol. The first-order valence-electron chi connectivity index (χ1n) is 11.8. The van der Waals surface area contributed by atoms with Crippen LogP contribution in [0.2, 0.25) is 0 Å². The molecule has 3 aromatic carbocycles. The molecule has 0 radical (unpaired) electrons. The fraction of sp³-hybridized carbons (Fsp3) is 0.267. The average Bonchev–Trinajstić information content (AvgIpc) is 2.93. The van der Waals surface area contributed by atoms with Crippen LogP contribution in [-0.4, -0.2) is 31.0 Å². The predicted octanol–water partition coefficient (Wildman–Crippen LogP) is 5.99. The summed E-state index contributed by atoms with van der Waals surface area (Å²) in [6.45, 7) is 8.91. The molecule has 1 unspecified atom stereocenters. The van der Waals surface area contributed by atoms with E-state index in [4.69, 9.17) is 23.7 Å². The van der Waals surface area contributed by atoms with Crippen molar-refractivity contribution >= 4 is 0 Å². The van der Waals surface area contributed by atoms with Crippen LogP contribution in [0.1, 0.15) is 23.0 Å².